The molecule has 5 nitrogen and oxygen atoms in total. The van der Waals surface area contributed by atoms with Crippen molar-refractivity contribution in [1.82, 2.24) is 9.62 Å². The quantitative estimate of drug-likeness (QED) is 0.667. The number of sulfonamides is 1. The highest BCUT2D eigenvalue weighted by Gasteiger charge is 2.20. The molecule has 7 heteroatoms. The van der Waals surface area contributed by atoms with Gasteiger partial charge in [-0.3, -0.25) is 4.79 Å². The normalized spacial score (nSPS) is 12.7. The minimum Gasteiger partial charge on any atom is -0.340 e. The van der Waals surface area contributed by atoms with Crippen molar-refractivity contribution in [3.05, 3.63) is 87.6 Å². The Morgan fingerprint density at radius 2 is 1.64 bits per heavy atom. The molecule has 0 aliphatic rings. The zero-order valence-electron chi connectivity index (χ0n) is 15.9. The van der Waals surface area contributed by atoms with Crippen LogP contribution in [0.15, 0.2) is 70.9 Å². The molecule has 0 unspecified atom stereocenters. The van der Waals surface area contributed by atoms with Crippen LogP contribution < -0.4 is 5.32 Å². The van der Waals surface area contributed by atoms with Crippen LogP contribution in [-0.4, -0.2) is 32.7 Å². The Bertz CT molecular complexity index is 1040. The Morgan fingerprint density at radius 3 is 2.18 bits per heavy atom. The molecule has 0 aliphatic heterocycles. The fourth-order valence-electron chi connectivity index (χ4n) is 2.74. The molecule has 0 saturated heterocycles. The fraction of sp³-hybridized carbons (Fsp3) is 0.190. The van der Waals surface area contributed by atoms with Gasteiger partial charge in [-0.25, -0.2) is 12.7 Å². The van der Waals surface area contributed by atoms with Crippen molar-refractivity contribution >= 4 is 27.3 Å². The van der Waals surface area contributed by atoms with E-state index in [0.717, 1.165) is 20.3 Å². The van der Waals surface area contributed by atoms with Crippen molar-refractivity contribution in [1.29, 1.82) is 0 Å². The lowest BCUT2D eigenvalue weighted by atomic mass is 10.0. The average Bonchev–Trinajstić information content (AvgIpc) is 3.21. The van der Waals surface area contributed by atoms with Gasteiger partial charge in [-0.15, -0.1) is 11.3 Å². The second-order valence-electron chi connectivity index (χ2n) is 6.64. The van der Waals surface area contributed by atoms with Crippen LogP contribution in [0.3, 0.4) is 0 Å². The summed E-state index contributed by atoms with van der Waals surface area (Å²) in [5.41, 5.74) is 2.55. The van der Waals surface area contributed by atoms with Gasteiger partial charge in [-0.1, -0.05) is 35.9 Å². The van der Waals surface area contributed by atoms with E-state index < -0.39 is 10.0 Å². The largest absolute Gasteiger partial charge is 0.340 e. The second kappa shape index (κ2) is 8.26. The number of benzene rings is 2. The first-order valence-corrected chi connectivity index (χ1v) is 11.0. The van der Waals surface area contributed by atoms with E-state index >= 15 is 0 Å². The Labute approximate surface area is 169 Å². The van der Waals surface area contributed by atoms with Gasteiger partial charge in [0.2, 0.25) is 10.0 Å². The smallest absolute Gasteiger partial charge is 0.252 e. The van der Waals surface area contributed by atoms with E-state index in [0.29, 0.717) is 5.56 Å². The van der Waals surface area contributed by atoms with E-state index in [1.54, 1.807) is 11.3 Å². The van der Waals surface area contributed by atoms with Crippen LogP contribution in [0.25, 0.3) is 0 Å². The lowest BCUT2D eigenvalue weighted by Gasteiger charge is -2.19. The maximum Gasteiger partial charge on any atom is 0.252 e. The van der Waals surface area contributed by atoms with Crippen molar-refractivity contribution in [2.24, 2.45) is 0 Å². The zero-order chi connectivity index (χ0) is 20.3. The van der Waals surface area contributed by atoms with Crippen LogP contribution in [0.1, 0.15) is 32.4 Å². The van der Waals surface area contributed by atoms with Gasteiger partial charge in [0.25, 0.3) is 5.91 Å². The highest BCUT2D eigenvalue weighted by molar-refractivity contribution is 7.89. The topological polar surface area (TPSA) is 66.5 Å². The van der Waals surface area contributed by atoms with Crippen LogP contribution in [-0.2, 0) is 10.0 Å². The minimum atomic E-state index is -3.52. The number of hydrogen-bond donors (Lipinski definition) is 1. The molecule has 1 atom stereocenters. The van der Waals surface area contributed by atoms with Gasteiger partial charge in [0.15, 0.2) is 0 Å². The number of rotatable bonds is 6. The van der Waals surface area contributed by atoms with Gasteiger partial charge in [0, 0.05) is 24.5 Å². The molecule has 0 radical (unpaired) electrons. The SMILES string of the molecule is Cc1ccc([C@H](NC(=O)c2ccc(S(=O)(=O)N(C)C)cc2)c2cccs2)cc1. The fourth-order valence-corrected chi connectivity index (χ4v) is 4.44. The van der Waals surface area contributed by atoms with Crippen LogP contribution in [0, 0.1) is 6.92 Å². The molecule has 1 N–H and O–H groups in total. The van der Waals surface area contributed by atoms with Gasteiger partial charge >= 0.3 is 0 Å². The Hall–Kier alpha value is -2.48. The summed E-state index contributed by atoms with van der Waals surface area (Å²) < 4.78 is 25.5. The van der Waals surface area contributed by atoms with E-state index in [1.165, 1.54) is 38.4 Å². The predicted octanol–water partition coefficient (Wildman–Crippen LogP) is 3.83. The van der Waals surface area contributed by atoms with Crippen molar-refractivity contribution < 1.29 is 13.2 Å². The molecule has 3 rings (SSSR count). The monoisotopic (exact) mass is 414 g/mol. The Balaban J connectivity index is 1.85. The number of nitrogens with one attached hydrogen (secondary N) is 1. The van der Waals surface area contributed by atoms with E-state index in [1.807, 2.05) is 48.7 Å². The maximum atomic E-state index is 12.8. The highest BCUT2D eigenvalue weighted by atomic mass is 32.2. The third-order valence-electron chi connectivity index (χ3n) is 4.41. The second-order valence-corrected chi connectivity index (χ2v) is 9.78. The lowest BCUT2D eigenvalue weighted by molar-refractivity contribution is 0.0943. The average molecular weight is 415 g/mol. The summed E-state index contributed by atoms with van der Waals surface area (Å²) in [6.07, 6.45) is 0. The van der Waals surface area contributed by atoms with Crippen molar-refractivity contribution in [3.63, 3.8) is 0 Å². The van der Waals surface area contributed by atoms with Crippen molar-refractivity contribution in [2.75, 3.05) is 14.1 Å². The Morgan fingerprint density at radius 1 is 1.00 bits per heavy atom. The molecule has 0 saturated carbocycles. The molecule has 0 spiro atoms. The van der Waals surface area contributed by atoms with Crippen LogP contribution >= 0.6 is 11.3 Å². The first-order valence-electron chi connectivity index (χ1n) is 8.72. The number of aryl methyl sites for hydroxylation is 1. The third kappa shape index (κ3) is 4.32. The maximum absolute atomic E-state index is 12.8. The summed E-state index contributed by atoms with van der Waals surface area (Å²) in [6.45, 7) is 2.02. The van der Waals surface area contributed by atoms with E-state index in [2.05, 4.69) is 5.32 Å². The molecule has 2 aromatic carbocycles. The Kier molecular flexibility index (Phi) is 5.98. The standard InChI is InChI=1S/C21H22N2O3S2/c1-15-6-8-16(9-7-15)20(19-5-4-14-27-19)22-21(24)17-10-12-18(13-11-17)28(25,26)23(2)3/h4-14,20H,1-3H3,(H,22,24)/t20-/m0/s1. The summed E-state index contributed by atoms with van der Waals surface area (Å²) >= 11 is 1.58. The first-order chi connectivity index (χ1) is 13.3. The van der Waals surface area contributed by atoms with Crippen molar-refractivity contribution in [2.45, 2.75) is 17.9 Å². The van der Waals surface area contributed by atoms with E-state index in [-0.39, 0.29) is 16.8 Å². The summed E-state index contributed by atoms with van der Waals surface area (Å²) in [7, 11) is -0.571. The van der Waals surface area contributed by atoms with Gasteiger partial charge in [0.05, 0.1) is 10.9 Å². The number of carbonyl (C=O) groups is 1. The van der Waals surface area contributed by atoms with Gasteiger partial charge < -0.3 is 5.32 Å². The molecule has 0 fully saturated rings. The number of nitrogens with zero attached hydrogens (tertiary/aromatic N) is 1. The van der Waals surface area contributed by atoms with Crippen LogP contribution in [0.5, 0.6) is 0 Å². The number of hydrogen-bond acceptors (Lipinski definition) is 4. The van der Waals surface area contributed by atoms with E-state index in [4.69, 9.17) is 0 Å². The van der Waals surface area contributed by atoms with Gasteiger partial charge in [-0.05, 0) is 48.2 Å². The predicted molar refractivity (Wildman–Crippen MR) is 112 cm³/mol. The summed E-state index contributed by atoms with van der Waals surface area (Å²) in [5, 5.41) is 5.04. The minimum absolute atomic E-state index is 0.155. The number of carbonyl (C=O) groups excluding carboxylic acids is 1. The van der Waals surface area contributed by atoms with E-state index in [9.17, 15) is 13.2 Å². The van der Waals surface area contributed by atoms with Crippen LogP contribution in [0.2, 0.25) is 0 Å². The third-order valence-corrected chi connectivity index (χ3v) is 7.18. The molecule has 1 heterocycles. The number of thiophene rings is 1. The summed E-state index contributed by atoms with van der Waals surface area (Å²) in [5.74, 6) is -0.257. The first kappa shape index (κ1) is 20.3. The summed E-state index contributed by atoms with van der Waals surface area (Å²) in [4.78, 5) is 14.0. The molecular formula is C21H22N2O3S2. The van der Waals surface area contributed by atoms with Gasteiger partial charge in [-0.2, -0.15) is 0 Å². The molecule has 0 aliphatic carbocycles. The summed E-state index contributed by atoms with van der Waals surface area (Å²) in [6, 6.07) is 17.7. The zero-order valence-corrected chi connectivity index (χ0v) is 17.5. The molecule has 28 heavy (non-hydrogen) atoms. The molecule has 146 valence electrons. The molecular weight excluding hydrogens is 392 g/mol. The molecule has 1 amide bonds. The molecule has 0 bridgehead atoms. The lowest BCUT2D eigenvalue weighted by Crippen LogP contribution is -2.29. The number of amides is 1. The molecule has 1 aromatic heterocycles. The molecule has 3 aromatic rings. The van der Waals surface area contributed by atoms with Gasteiger partial charge in [0.1, 0.15) is 0 Å². The van der Waals surface area contributed by atoms with Crippen molar-refractivity contribution in [3.8, 4) is 0 Å². The highest BCUT2D eigenvalue weighted by Crippen LogP contribution is 2.27. The van der Waals surface area contributed by atoms with Crippen LogP contribution in [0.4, 0.5) is 0 Å².